The fourth-order valence-corrected chi connectivity index (χ4v) is 3.07. The Hall–Kier alpha value is -2.47. The van der Waals surface area contributed by atoms with Gasteiger partial charge in [-0.2, -0.15) is 0 Å². The minimum atomic E-state index is -3.64. The Morgan fingerprint density at radius 2 is 1.43 bits per heavy atom. The maximum absolute atomic E-state index is 12.5. The Labute approximate surface area is 136 Å². The van der Waals surface area contributed by atoms with Crippen LogP contribution in [0.2, 0.25) is 0 Å². The van der Waals surface area contributed by atoms with E-state index in [2.05, 4.69) is 0 Å². The zero-order valence-electron chi connectivity index (χ0n) is 13.1. The van der Waals surface area contributed by atoms with Crippen LogP contribution in [0.15, 0.2) is 52.8 Å². The molecule has 0 fully saturated rings. The minimum Gasteiger partial charge on any atom is -0.493 e. The molecule has 23 heavy (non-hydrogen) atoms. The Balaban J connectivity index is 2.45. The molecule has 0 amide bonds. The number of benzene rings is 2. The van der Waals surface area contributed by atoms with E-state index in [9.17, 15) is 8.42 Å². The van der Waals surface area contributed by atoms with Crippen LogP contribution in [0.5, 0.6) is 17.2 Å². The lowest BCUT2D eigenvalue weighted by atomic mass is 10.2. The van der Waals surface area contributed by atoms with Crippen LogP contribution in [0.1, 0.15) is 5.56 Å². The lowest BCUT2D eigenvalue weighted by molar-refractivity contribution is 0.323. The Kier molecular flexibility index (Phi) is 5.28. The summed E-state index contributed by atoms with van der Waals surface area (Å²) < 4.78 is 40.6. The van der Waals surface area contributed by atoms with Crippen molar-refractivity contribution in [2.45, 2.75) is 4.90 Å². The fourth-order valence-electron chi connectivity index (χ4n) is 2.03. The van der Waals surface area contributed by atoms with E-state index < -0.39 is 9.84 Å². The van der Waals surface area contributed by atoms with Gasteiger partial charge in [-0.3, -0.25) is 0 Å². The number of methoxy groups -OCH3 is 3. The van der Waals surface area contributed by atoms with Gasteiger partial charge in [-0.05, 0) is 11.6 Å². The molecule has 0 spiro atoms. The van der Waals surface area contributed by atoms with Gasteiger partial charge >= 0.3 is 0 Å². The summed E-state index contributed by atoms with van der Waals surface area (Å²) in [4.78, 5) is 0.0687. The van der Waals surface area contributed by atoms with Crippen LogP contribution in [0.4, 0.5) is 0 Å². The second-order valence-electron chi connectivity index (χ2n) is 4.62. The number of sulfone groups is 1. The number of ether oxygens (including phenoxy) is 3. The van der Waals surface area contributed by atoms with E-state index in [-0.39, 0.29) is 4.90 Å². The molecular formula is C17H18O5S. The van der Waals surface area contributed by atoms with Crippen LogP contribution in [0.25, 0.3) is 6.08 Å². The van der Waals surface area contributed by atoms with Crippen molar-refractivity contribution in [3.8, 4) is 17.2 Å². The zero-order chi connectivity index (χ0) is 16.9. The highest BCUT2D eigenvalue weighted by Gasteiger charge is 2.19. The van der Waals surface area contributed by atoms with Gasteiger partial charge in [-0.15, -0.1) is 0 Å². The lowest BCUT2D eigenvalue weighted by Gasteiger charge is -2.13. The first-order valence-electron chi connectivity index (χ1n) is 6.80. The first-order valence-corrected chi connectivity index (χ1v) is 8.34. The number of hydrogen-bond donors (Lipinski definition) is 0. The van der Waals surface area contributed by atoms with Crippen LogP contribution in [0.3, 0.4) is 0 Å². The van der Waals surface area contributed by atoms with E-state index in [0.29, 0.717) is 17.2 Å². The molecule has 0 heterocycles. The summed E-state index contributed by atoms with van der Waals surface area (Å²) in [5, 5.41) is 1.16. The van der Waals surface area contributed by atoms with E-state index in [4.69, 9.17) is 14.2 Å². The Bertz CT molecular complexity index is 770. The second kappa shape index (κ2) is 7.19. The molecule has 2 aromatic rings. The van der Waals surface area contributed by atoms with Crippen LogP contribution >= 0.6 is 0 Å². The maximum atomic E-state index is 12.5. The van der Waals surface area contributed by atoms with Crippen molar-refractivity contribution in [2.75, 3.05) is 21.3 Å². The van der Waals surface area contributed by atoms with Gasteiger partial charge in [0.2, 0.25) is 5.75 Å². The first-order chi connectivity index (χ1) is 11.0. The van der Waals surface area contributed by atoms with Gasteiger partial charge < -0.3 is 14.2 Å². The SMILES string of the molecule is COc1cc(S(=O)(=O)/C=C/c2ccccc2)cc(OC)c1OC. The molecule has 0 aromatic heterocycles. The zero-order valence-corrected chi connectivity index (χ0v) is 14.0. The molecule has 6 heteroatoms. The first kappa shape index (κ1) is 16.9. The molecule has 2 aromatic carbocycles. The highest BCUT2D eigenvalue weighted by Crippen LogP contribution is 2.39. The van der Waals surface area contributed by atoms with Crippen LogP contribution in [-0.4, -0.2) is 29.7 Å². The molecule has 122 valence electrons. The molecule has 0 bridgehead atoms. The summed E-state index contributed by atoms with van der Waals surface area (Å²) in [5.74, 6) is 0.929. The summed E-state index contributed by atoms with van der Waals surface area (Å²) >= 11 is 0. The van der Waals surface area contributed by atoms with Gasteiger partial charge in [0.15, 0.2) is 21.3 Å². The maximum Gasteiger partial charge on any atom is 0.203 e. The van der Waals surface area contributed by atoms with Gasteiger partial charge in [0.05, 0.1) is 26.2 Å². The summed E-state index contributed by atoms with van der Waals surface area (Å²) in [5.41, 5.74) is 0.795. The molecule has 5 nitrogen and oxygen atoms in total. The van der Waals surface area contributed by atoms with E-state index >= 15 is 0 Å². The van der Waals surface area contributed by atoms with Crippen LogP contribution in [-0.2, 0) is 9.84 Å². The summed E-state index contributed by atoms with van der Waals surface area (Å²) in [6.07, 6.45) is 1.54. The van der Waals surface area contributed by atoms with Crippen molar-refractivity contribution in [1.82, 2.24) is 0 Å². The molecule has 0 atom stereocenters. The van der Waals surface area contributed by atoms with Gasteiger partial charge in [-0.25, -0.2) is 8.42 Å². The highest BCUT2D eigenvalue weighted by atomic mass is 32.2. The quantitative estimate of drug-likeness (QED) is 0.812. The van der Waals surface area contributed by atoms with Crippen molar-refractivity contribution in [3.63, 3.8) is 0 Å². The van der Waals surface area contributed by atoms with E-state index in [1.165, 1.54) is 33.5 Å². The molecule has 0 radical (unpaired) electrons. The normalized spacial score (nSPS) is 11.4. The molecule has 0 N–H and O–H groups in total. The predicted molar refractivity (Wildman–Crippen MR) is 88.8 cm³/mol. The second-order valence-corrected chi connectivity index (χ2v) is 6.45. The lowest BCUT2D eigenvalue weighted by Crippen LogP contribution is -2.01. The van der Waals surface area contributed by atoms with Gasteiger partial charge in [0, 0.05) is 17.5 Å². The van der Waals surface area contributed by atoms with Gasteiger partial charge in [0.1, 0.15) is 0 Å². The van der Waals surface area contributed by atoms with E-state index in [1.807, 2.05) is 30.3 Å². The number of rotatable bonds is 6. The largest absolute Gasteiger partial charge is 0.493 e. The van der Waals surface area contributed by atoms with Crippen molar-refractivity contribution in [3.05, 3.63) is 53.4 Å². The predicted octanol–water partition coefficient (Wildman–Crippen LogP) is 3.16. The molecule has 0 unspecified atom stereocenters. The number of hydrogen-bond acceptors (Lipinski definition) is 5. The minimum absolute atomic E-state index is 0.0687. The molecule has 0 aliphatic carbocycles. The summed E-state index contributed by atoms with van der Waals surface area (Å²) in [6.45, 7) is 0. The fraction of sp³-hybridized carbons (Fsp3) is 0.176. The molecule has 0 saturated heterocycles. The average Bonchev–Trinajstić information content (AvgIpc) is 2.59. The smallest absolute Gasteiger partial charge is 0.203 e. The molecular weight excluding hydrogens is 316 g/mol. The topological polar surface area (TPSA) is 61.8 Å². The third-order valence-corrected chi connectivity index (χ3v) is 4.59. The summed E-state index contributed by atoms with van der Waals surface area (Å²) in [7, 11) is 0.693. The van der Waals surface area contributed by atoms with Gasteiger partial charge in [-0.1, -0.05) is 30.3 Å². The van der Waals surface area contributed by atoms with E-state index in [1.54, 1.807) is 6.08 Å². The molecule has 0 saturated carbocycles. The standard InChI is InChI=1S/C17H18O5S/c1-20-15-11-14(12-16(21-2)17(15)22-3)23(18,19)10-9-13-7-5-4-6-8-13/h4-12H,1-3H3/b10-9+. The third-order valence-electron chi connectivity index (χ3n) is 3.21. The van der Waals surface area contributed by atoms with Gasteiger partial charge in [0.25, 0.3) is 0 Å². The van der Waals surface area contributed by atoms with Crippen molar-refractivity contribution >= 4 is 15.9 Å². The monoisotopic (exact) mass is 334 g/mol. The Morgan fingerprint density at radius 1 is 0.870 bits per heavy atom. The van der Waals surface area contributed by atoms with E-state index in [0.717, 1.165) is 11.0 Å². The van der Waals surface area contributed by atoms with Crippen LogP contribution < -0.4 is 14.2 Å². The van der Waals surface area contributed by atoms with Crippen molar-refractivity contribution in [1.29, 1.82) is 0 Å². The molecule has 2 rings (SSSR count). The Morgan fingerprint density at radius 3 is 1.91 bits per heavy atom. The molecule has 0 aliphatic heterocycles. The third kappa shape index (κ3) is 3.84. The van der Waals surface area contributed by atoms with Crippen LogP contribution in [0, 0.1) is 0 Å². The molecule has 0 aliphatic rings. The summed E-state index contributed by atoms with van der Waals surface area (Å²) in [6, 6.07) is 12.0. The average molecular weight is 334 g/mol. The van der Waals surface area contributed by atoms with Crippen molar-refractivity contribution in [2.24, 2.45) is 0 Å². The van der Waals surface area contributed by atoms with Crippen molar-refractivity contribution < 1.29 is 22.6 Å². The highest BCUT2D eigenvalue weighted by molar-refractivity contribution is 7.94.